The first kappa shape index (κ1) is 17.7. The summed E-state index contributed by atoms with van der Waals surface area (Å²) in [6.07, 6.45) is 8.04. The molecule has 1 aromatic carbocycles. The molecular weight excluding hydrogens is 340 g/mol. The second kappa shape index (κ2) is 7.84. The fourth-order valence-corrected chi connectivity index (χ4v) is 4.27. The van der Waals surface area contributed by atoms with Crippen molar-refractivity contribution < 1.29 is 17.6 Å². The van der Waals surface area contributed by atoms with E-state index >= 15 is 0 Å². The maximum atomic E-state index is 12.3. The lowest BCUT2D eigenvalue weighted by Gasteiger charge is -2.13. The van der Waals surface area contributed by atoms with Crippen LogP contribution in [0, 0.1) is 0 Å². The van der Waals surface area contributed by atoms with Crippen molar-refractivity contribution in [3.63, 3.8) is 0 Å². The monoisotopic (exact) mass is 362 g/mol. The van der Waals surface area contributed by atoms with Crippen LogP contribution in [-0.4, -0.2) is 20.4 Å². The highest BCUT2D eigenvalue weighted by Crippen LogP contribution is 2.21. The highest BCUT2D eigenvalue weighted by Gasteiger charge is 2.22. The standard InChI is InChI=1S/C18H22N2O4S/c21-18(10-5-14-11-12-24-13-14)19-15-6-8-17(9-7-15)25(22,23)20-16-3-1-2-4-16/h6-9,11-13,16,20H,1-5,10H2,(H,19,21). The highest BCUT2D eigenvalue weighted by molar-refractivity contribution is 7.89. The second-order valence-electron chi connectivity index (χ2n) is 6.31. The Bertz CT molecular complexity index is 792. The van der Waals surface area contributed by atoms with Gasteiger partial charge in [0.05, 0.1) is 17.4 Å². The highest BCUT2D eigenvalue weighted by atomic mass is 32.2. The Morgan fingerprint density at radius 1 is 1.12 bits per heavy atom. The van der Waals surface area contributed by atoms with E-state index < -0.39 is 10.0 Å². The molecule has 3 rings (SSSR count). The van der Waals surface area contributed by atoms with Crippen LogP contribution in [0.25, 0.3) is 0 Å². The average Bonchev–Trinajstić information content (AvgIpc) is 3.27. The molecule has 1 aliphatic carbocycles. The van der Waals surface area contributed by atoms with Crippen LogP contribution in [0.4, 0.5) is 5.69 Å². The van der Waals surface area contributed by atoms with Crippen LogP contribution in [0.15, 0.2) is 52.2 Å². The van der Waals surface area contributed by atoms with Crippen molar-refractivity contribution in [2.24, 2.45) is 0 Å². The largest absolute Gasteiger partial charge is 0.472 e. The van der Waals surface area contributed by atoms with E-state index in [-0.39, 0.29) is 16.8 Å². The van der Waals surface area contributed by atoms with E-state index in [1.165, 1.54) is 12.1 Å². The molecule has 1 heterocycles. The fourth-order valence-electron chi connectivity index (χ4n) is 2.96. The normalized spacial score (nSPS) is 15.4. The first-order valence-electron chi connectivity index (χ1n) is 8.46. The zero-order chi connectivity index (χ0) is 17.7. The van der Waals surface area contributed by atoms with Gasteiger partial charge in [-0.1, -0.05) is 12.8 Å². The Morgan fingerprint density at radius 3 is 2.48 bits per heavy atom. The number of amides is 1. The van der Waals surface area contributed by atoms with E-state index in [0.717, 1.165) is 31.2 Å². The molecule has 7 heteroatoms. The van der Waals surface area contributed by atoms with Gasteiger partial charge in [-0.25, -0.2) is 13.1 Å². The van der Waals surface area contributed by atoms with E-state index in [4.69, 9.17) is 4.42 Å². The molecule has 0 atom stereocenters. The van der Waals surface area contributed by atoms with Crippen LogP contribution in [0.5, 0.6) is 0 Å². The van der Waals surface area contributed by atoms with E-state index in [1.807, 2.05) is 6.07 Å². The van der Waals surface area contributed by atoms with Crippen molar-refractivity contribution in [2.45, 2.75) is 49.5 Å². The molecule has 1 aromatic heterocycles. The summed E-state index contributed by atoms with van der Waals surface area (Å²) in [7, 11) is -3.50. The number of hydrogen-bond donors (Lipinski definition) is 2. The van der Waals surface area contributed by atoms with Crippen LogP contribution < -0.4 is 10.0 Å². The Kier molecular flexibility index (Phi) is 5.55. The zero-order valence-electron chi connectivity index (χ0n) is 13.9. The number of rotatable bonds is 7. The molecule has 0 aliphatic heterocycles. The van der Waals surface area contributed by atoms with Crippen LogP contribution in [0.2, 0.25) is 0 Å². The van der Waals surface area contributed by atoms with Gasteiger partial charge in [0.1, 0.15) is 0 Å². The minimum absolute atomic E-state index is 0.0345. The van der Waals surface area contributed by atoms with Gasteiger partial charge in [-0.15, -0.1) is 0 Å². The lowest BCUT2D eigenvalue weighted by Crippen LogP contribution is -2.32. The number of aryl methyl sites for hydroxylation is 1. The quantitative estimate of drug-likeness (QED) is 0.792. The van der Waals surface area contributed by atoms with Gasteiger partial charge in [0.2, 0.25) is 15.9 Å². The second-order valence-corrected chi connectivity index (χ2v) is 8.02. The number of carbonyl (C=O) groups excluding carboxylic acids is 1. The van der Waals surface area contributed by atoms with Gasteiger partial charge < -0.3 is 9.73 Å². The van der Waals surface area contributed by atoms with Gasteiger partial charge in [0.25, 0.3) is 0 Å². The van der Waals surface area contributed by atoms with Crippen molar-refractivity contribution in [3.05, 3.63) is 48.4 Å². The van der Waals surface area contributed by atoms with Crippen LogP contribution in [-0.2, 0) is 21.2 Å². The molecule has 2 aromatic rings. The Morgan fingerprint density at radius 2 is 1.84 bits per heavy atom. The number of benzene rings is 1. The lowest BCUT2D eigenvalue weighted by molar-refractivity contribution is -0.116. The Labute approximate surface area is 147 Å². The number of furan rings is 1. The molecule has 25 heavy (non-hydrogen) atoms. The fraction of sp³-hybridized carbons (Fsp3) is 0.389. The van der Waals surface area contributed by atoms with Gasteiger partial charge in [0, 0.05) is 18.2 Å². The van der Waals surface area contributed by atoms with Crippen LogP contribution in [0.3, 0.4) is 0 Å². The van der Waals surface area contributed by atoms with E-state index in [2.05, 4.69) is 10.0 Å². The van der Waals surface area contributed by atoms with Crippen LogP contribution >= 0.6 is 0 Å². The van der Waals surface area contributed by atoms with E-state index in [9.17, 15) is 13.2 Å². The minimum Gasteiger partial charge on any atom is -0.472 e. The van der Waals surface area contributed by atoms with Gasteiger partial charge >= 0.3 is 0 Å². The summed E-state index contributed by atoms with van der Waals surface area (Å²) < 4.78 is 32.4. The summed E-state index contributed by atoms with van der Waals surface area (Å²) in [5, 5.41) is 2.77. The summed E-state index contributed by atoms with van der Waals surface area (Å²) in [5.74, 6) is -0.124. The van der Waals surface area contributed by atoms with E-state index in [1.54, 1.807) is 24.7 Å². The molecule has 1 amide bonds. The van der Waals surface area contributed by atoms with Gasteiger partial charge in [-0.2, -0.15) is 0 Å². The van der Waals surface area contributed by atoms with Crippen molar-refractivity contribution in [3.8, 4) is 0 Å². The molecule has 0 unspecified atom stereocenters. The molecule has 1 aliphatic rings. The Hall–Kier alpha value is -2.12. The first-order chi connectivity index (χ1) is 12.0. The van der Waals surface area contributed by atoms with Crippen LogP contribution in [0.1, 0.15) is 37.7 Å². The van der Waals surface area contributed by atoms with Gasteiger partial charge in [-0.3, -0.25) is 4.79 Å². The van der Waals surface area contributed by atoms with Crippen molar-refractivity contribution in [1.82, 2.24) is 4.72 Å². The lowest BCUT2D eigenvalue weighted by atomic mass is 10.2. The molecule has 1 saturated carbocycles. The van der Waals surface area contributed by atoms with Crippen molar-refractivity contribution >= 4 is 21.6 Å². The molecular formula is C18H22N2O4S. The maximum Gasteiger partial charge on any atom is 0.240 e. The smallest absolute Gasteiger partial charge is 0.240 e. The number of sulfonamides is 1. The van der Waals surface area contributed by atoms with E-state index in [0.29, 0.717) is 18.5 Å². The molecule has 0 radical (unpaired) electrons. The molecule has 0 bridgehead atoms. The van der Waals surface area contributed by atoms with Crippen molar-refractivity contribution in [2.75, 3.05) is 5.32 Å². The molecule has 2 N–H and O–H groups in total. The SMILES string of the molecule is O=C(CCc1ccoc1)Nc1ccc(S(=O)(=O)NC2CCCC2)cc1. The summed E-state index contributed by atoms with van der Waals surface area (Å²) in [6, 6.07) is 8.11. The molecule has 134 valence electrons. The summed E-state index contributed by atoms with van der Waals surface area (Å²) >= 11 is 0. The third kappa shape index (κ3) is 4.93. The number of carbonyl (C=O) groups is 1. The molecule has 0 saturated heterocycles. The summed E-state index contributed by atoms with van der Waals surface area (Å²) in [4.78, 5) is 12.2. The topological polar surface area (TPSA) is 88.4 Å². The van der Waals surface area contributed by atoms with Gasteiger partial charge in [-0.05, 0) is 55.2 Å². The predicted molar refractivity (Wildman–Crippen MR) is 94.7 cm³/mol. The third-order valence-corrected chi connectivity index (χ3v) is 5.88. The third-order valence-electron chi connectivity index (χ3n) is 4.35. The summed E-state index contributed by atoms with van der Waals surface area (Å²) in [6.45, 7) is 0. The van der Waals surface area contributed by atoms with Gasteiger partial charge in [0.15, 0.2) is 0 Å². The predicted octanol–water partition coefficient (Wildman–Crippen LogP) is 3.07. The number of hydrogen-bond acceptors (Lipinski definition) is 4. The molecule has 0 spiro atoms. The molecule has 6 nitrogen and oxygen atoms in total. The van der Waals surface area contributed by atoms with Crippen molar-refractivity contribution in [1.29, 1.82) is 0 Å². The first-order valence-corrected chi connectivity index (χ1v) is 9.94. The summed E-state index contributed by atoms with van der Waals surface area (Å²) in [5.41, 5.74) is 1.55. The zero-order valence-corrected chi connectivity index (χ0v) is 14.7. The molecule has 1 fully saturated rings. The average molecular weight is 362 g/mol. The minimum atomic E-state index is -3.50. The Balaban J connectivity index is 1.55. The number of anilines is 1. The number of nitrogens with one attached hydrogen (secondary N) is 2. The maximum absolute atomic E-state index is 12.3.